The zero-order valence-electron chi connectivity index (χ0n) is 31.9. The van der Waals surface area contributed by atoms with Gasteiger partial charge in [0, 0.05) is 22.1 Å². The highest BCUT2D eigenvalue weighted by molar-refractivity contribution is 5.99. The van der Waals surface area contributed by atoms with E-state index in [9.17, 15) is 0 Å². The van der Waals surface area contributed by atoms with Gasteiger partial charge in [-0.3, -0.25) is 0 Å². The Hall–Kier alpha value is -7.16. The molecule has 0 saturated heterocycles. The van der Waals surface area contributed by atoms with Crippen LogP contribution >= 0.6 is 0 Å². The third-order valence-corrected chi connectivity index (χ3v) is 12.1. The lowest BCUT2D eigenvalue weighted by atomic mass is 9.81. The maximum atomic E-state index is 5.18. The first kappa shape index (κ1) is 33.2. The van der Waals surface area contributed by atoms with E-state index < -0.39 is 0 Å². The Bertz CT molecular complexity index is 3090. The second kappa shape index (κ2) is 13.0. The maximum Gasteiger partial charge on any atom is 0.160 e. The van der Waals surface area contributed by atoms with E-state index in [1.54, 1.807) is 0 Å². The largest absolute Gasteiger partial charge is 0.228 e. The van der Waals surface area contributed by atoms with E-state index in [1.807, 2.05) is 0 Å². The molecule has 1 heterocycles. The highest BCUT2D eigenvalue weighted by atomic mass is 14.9. The molecule has 268 valence electrons. The summed E-state index contributed by atoms with van der Waals surface area (Å²) in [4.78, 5) is 10.4. The predicted molar refractivity (Wildman–Crippen MR) is 239 cm³/mol. The Labute approximate surface area is 332 Å². The van der Waals surface area contributed by atoms with E-state index in [4.69, 9.17) is 9.97 Å². The second-order valence-electron chi connectivity index (χ2n) is 15.8. The molecule has 11 rings (SSSR count). The number of hydrogen-bond acceptors (Lipinski definition) is 2. The average molecular weight is 727 g/mol. The van der Waals surface area contributed by atoms with Gasteiger partial charge in [0.25, 0.3) is 0 Å². The lowest BCUT2D eigenvalue weighted by Crippen LogP contribution is -2.14. The van der Waals surface area contributed by atoms with Crippen molar-refractivity contribution in [2.24, 2.45) is 0 Å². The number of rotatable bonds is 5. The minimum absolute atomic E-state index is 0.0681. The van der Waals surface area contributed by atoms with Crippen molar-refractivity contribution < 1.29 is 0 Å². The number of fused-ring (bicyclic) bond motifs is 6. The highest BCUT2D eigenvalue weighted by Crippen LogP contribution is 2.53. The van der Waals surface area contributed by atoms with Crippen LogP contribution in [0, 0.1) is 0 Å². The fourth-order valence-corrected chi connectivity index (χ4v) is 8.94. The summed E-state index contributed by atoms with van der Waals surface area (Å²) in [6.45, 7) is 4.72. The number of benzene rings is 9. The van der Waals surface area contributed by atoms with E-state index in [0.29, 0.717) is 5.82 Å². The summed E-state index contributed by atoms with van der Waals surface area (Å²) in [7, 11) is 0. The van der Waals surface area contributed by atoms with Gasteiger partial charge in [-0.2, -0.15) is 0 Å². The Kier molecular flexibility index (Phi) is 7.55. The average Bonchev–Trinajstić information content (AvgIpc) is 3.50. The number of hydrogen-bond donors (Lipinski definition) is 0. The molecule has 0 fully saturated rings. The molecule has 9 aromatic carbocycles. The molecule has 10 aromatic rings. The van der Waals surface area contributed by atoms with Crippen molar-refractivity contribution in [1.82, 2.24) is 9.97 Å². The molecule has 0 saturated carbocycles. The van der Waals surface area contributed by atoms with Gasteiger partial charge < -0.3 is 0 Å². The Balaban J connectivity index is 0.949. The summed E-state index contributed by atoms with van der Waals surface area (Å²) >= 11 is 0. The SMILES string of the molecule is CC1(C)c2cc3ccccc3cc2-c2c(-c3ccc(-c4ccc(-c5nc(-c6ccc7ccccc7c6)cc(-c6ccc7ccccc7c6)n5)cc4)cc3)cccc21. The van der Waals surface area contributed by atoms with Crippen LogP contribution in [0.25, 0.3) is 99.6 Å². The first-order valence-electron chi connectivity index (χ1n) is 19.7. The molecule has 0 amide bonds. The van der Waals surface area contributed by atoms with Crippen LogP contribution in [0.4, 0.5) is 0 Å². The van der Waals surface area contributed by atoms with Crippen LogP contribution in [0.3, 0.4) is 0 Å². The molecule has 0 spiro atoms. The van der Waals surface area contributed by atoms with Gasteiger partial charge in [0.2, 0.25) is 0 Å². The van der Waals surface area contributed by atoms with Crippen LogP contribution in [-0.2, 0) is 5.41 Å². The Morgan fingerprint density at radius 3 is 1.33 bits per heavy atom. The summed E-state index contributed by atoms with van der Waals surface area (Å²) < 4.78 is 0. The normalized spacial score (nSPS) is 12.9. The van der Waals surface area contributed by atoms with E-state index in [-0.39, 0.29) is 5.41 Å². The third-order valence-electron chi connectivity index (χ3n) is 12.1. The number of aromatic nitrogens is 2. The standard InChI is InChI=1S/C55H38N2/c1-55(2)49-17-9-16-47(53(49)48-32-43-14-7-8-15-44(43)33-50(48)55)39-24-18-37(19-25-39)38-20-26-40(27-21-38)54-56-51(45-28-22-35-10-3-5-12-41(35)30-45)34-52(57-54)46-29-23-36-11-4-6-13-42(36)31-46/h3-34H,1-2H3. The molecule has 0 atom stereocenters. The van der Waals surface area contributed by atoms with Crippen molar-refractivity contribution in [3.05, 3.63) is 205 Å². The van der Waals surface area contributed by atoms with Gasteiger partial charge in [-0.15, -0.1) is 0 Å². The molecule has 1 aromatic heterocycles. The fourth-order valence-electron chi connectivity index (χ4n) is 8.94. The smallest absolute Gasteiger partial charge is 0.160 e. The van der Waals surface area contributed by atoms with Crippen molar-refractivity contribution >= 4 is 32.3 Å². The lowest BCUT2D eigenvalue weighted by Gasteiger charge is -2.22. The molecule has 1 aliphatic carbocycles. The van der Waals surface area contributed by atoms with Crippen molar-refractivity contribution in [3.8, 4) is 67.3 Å². The summed E-state index contributed by atoms with van der Waals surface area (Å²) in [5.41, 5.74) is 15.2. The zero-order valence-corrected chi connectivity index (χ0v) is 31.9. The molecular formula is C55H38N2. The van der Waals surface area contributed by atoms with Crippen molar-refractivity contribution in [1.29, 1.82) is 0 Å². The summed E-state index contributed by atoms with van der Waals surface area (Å²) in [6.07, 6.45) is 0. The molecule has 1 aliphatic rings. The minimum Gasteiger partial charge on any atom is -0.228 e. The highest BCUT2D eigenvalue weighted by Gasteiger charge is 2.37. The first-order chi connectivity index (χ1) is 28.0. The van der Waals surface area contributed by atoms with E-state index in [1.165, 1.54) is 71.3 Å². The zero-order chi connectivity index (χ0) is 38.1. The van der Waals surface area contributed by atoms with E-state index in [0.717, 1.165) is 33.6 Å². The summed E-state index contributed by atoms with van der Waals surface area (Å²) in [6, 6.07) is 70.2. The van der Waals surface area contributed by atoms with Crippen LogP contribution in [0.15, 0.2) is 194 Å². The van der Waals surface area contributed by atoms with Gasteiger partial charge in [-0.25, -0.2) is 9.97 Å². The number of nitrogens with zero attached hydrogens (tertiary/aromatic N) is 2. The lowest BCUT2D eigenvalue weighted by molar-refractivity contribution is 0.661. The van der Waals surface area contributed by atoms with Gasteiger partial charge in [-0.1, -0.05) is 178 Å². The summed E-state index contributed by atoms with van der Waals surface area (Å²) in [5.74, 6) is 0.708. The van der Waals surface area contributed by atoms with Crippen molar-refractivity contribution in [2.45, 2.75) is 19.3 Å². The molecule has 0 N–H and O–H groups in total. The van der Waals surface area contributed by atoms with Gasteiger partial charge in [-0.05, 0) is 107 Å². The quantitative estimate of drug-likeness (QED) is 0.176. The van der Waals surface area contributed by atoms with Crippen LogP contribution in [0.2, 0.25) is 0 Å². The van der Waals surface area contributed by atoms with E-state index in [2.05, 4.69) is 208 Å². The van der Waals surface area contributed by atoms with Crippen LogP contribution < -0.4 is 0 Å². The van der Waals surface area contributed by atoms with Crippen molar-refractivity contribution in [2.75, 3.05) is 0 Å². The maximum absolute atomic E-state index is 5.18. The molecule has 0 unspecified atom stereocenters. The molecular weight excluding hydrogens is 689 g/mol. The minimum atomic E-state index is -0.0681. The molecule has 0 bridgehead atoms. The molecule has 0 aliphatic heterocycles. The Morgan fingerprint density at radius 1 is 0.316 bits per heavy atom. The van der Waals surface area contributed by atoms with Crippen LogP contribution in [-0.4, -0.2) is 9.97 Å². The topological polar surface area (TPSA) is 25.8 Å². The molecule has 2 nitrogen and oxygen atoms in total. The molecule has 0 radical (unpaired) electrons. The van der Waals surface area contributed by atoms with E-state index >= 15 is 0 Å². The van der Waals surface area contributed by atoms with Crippen LogP contribution in [0.1, 0.15) is 25.0 Å². The van der Waals surface area contributed by atoms with Crippen molar-refractivity contribution in [3.63, 3.8) is 0 Å². The second-order valence-corrected chi connectivity index (χ2v) is 15.8. The van der Waals surface area contributed by atoms with Crippen LogP contribution in [0.5, 0.6) is 0 Å². The van der Waals surface area contributed by atoms with Gasteiger partial charge >= 0.3 is 0 Å². The summed E-state index contributed by atoms with van der Waals surface area (Å²) in [5, 5.41) is 7.38. The molecule has 57 heavy (non-hydrogen) atoms. The fraction of sp³-hybridized carbons (Fsp3) is 0.0545. The van der Waals surface area contributed by atoms with Gasteiger partial charge in [0.1, 0.15) is 0 Å². The van der Waals surface area contributed by atoms with Gasteiger partial charge in [0.05, 0.1) is 11.4 Å². The predicted octanol–water partition coefficient (Wildman–Crippen LogP) is 14.6. The monoisotopic (exact) mass is 726 g/mol. The Morgan fingerprint density at radius 2 is 0.772 bits per heavy atom. The van der Waals surface area contributed by atoms with Gasteiger partial charge in [0.15, 0.2) is 5.82 Å². The first-order valence-corrected chi connectivity index (χ1v) is 19.7. The molecule has 2 heteroatoms. The third kappa shape index (κ3) is 5.64.